The Morgan fingerprint density at radius 2 is 1.46 bits per heavy atom. The highest BCUT2D eigenvalue weighted by Crippen LogP contribution is 2.36. The van der Waals surface area contributed by atoms with Crippen LogP contribution in [0, 0.1) is 6.92 Å². The highest BCUT2D eigenvalue weighted by molar-refractivity contribution is 5.70. The topological polar surface area (TPSA) is 40.5 Å². The fourth-order valence-electron chi connectivity index (χ4n) is 3.41. The van der Waals surface area contributed by atoms with Crippen LogP contribution >= 0.6 is 0 Å². The van der Waals surface area contributed by atoms with Crippen LogP contribution in [0.15, 0.2) is 60.7 Å². The predicted molar refractivity (Wildman–Crippen MR) is 108 cm³/mol. The second-order valence-corrected chi connectivity index (χ2v) is 7.40. The Hall–Kier alpha value is -2.74. The normalized spacial score (nSPS) is 11.5. The second kappa shape index (κ2) is 6.87. The number of aryl methyl sites for hydroxylation is 2. The molecule has 3 aromatic rings. The molecule has 0 spiro atoms. The van der Waals surface area contributed by atoms with Gasteiger partial charge in [-0.3, -0.25) is 0 Å². The number of phenols is 2. The van der Waals surface area contributed by atoms with Crippen LogP contribution in [-0.4, -0.2) is 10.2 Å². The lowest BCUT2D eigenvalue weighted by atomic mass is 9.76. The summed E-state index contributed by atoms with van der Waals surface area (Å²) >= 11 is 0. The minimum absolute atomic E-state index is 0.180. The summed E-state index contributed by atoms with van der Waals surface area (Å²) in [6, 6.07) is 19.9. The molecule has 2 N–H and O–H groups in total. The van der Waals surface area contributed by atoms with Crippen molar-refractivity contribution in [2.45, 2.75) is 39.5 Å². The molecule has 0 bridgehead atoms. The highest BCUT2D eigenvalue weighted by atomic mass is 16.3. The molecule has 0 saturated carbocycles. The summed E-state index contributed by atoms with van der Waals surface area (Å²) in [6.45, 7) is 8.49. The molecule has 0 fully saturated rings. The molecule has 0 saturated heterocycles. The molecular weight excluding hydrogens is 320 g/mol. The van der Waals surface area contributed by atoms with Crippen LogP contribution in [0.2, 0.25) is 0 Å². The Kier molecular flexibility index (Phi) is 4.78. The van der Waals surface area contributed by atoms with Gasteiger partial charge in [-0.15, -0.1) is 0 Å². The van der Waals surface area contributed by atoms with Crippen molar-refractivity contribution in [1.29, 1.82) is 0 Å². The van der Waals surface area contributed by atoms with Crippen LogP contribution in [0.3, 0.4) is 0 Å². The van der Waals surface area contributed by atoms with E-state index in [-0.39, 0.29) is 11.2 Å². The maximum atomic E-state index is 9.85. The molecule has 0 atom stereocenters. The van der Waals surface area contributed by atoms with Crippen LogP contribution in [0.5, 0.6) is 11.5 Å². The van der Waals surface area contributed by atoms with E-state index in [0.717, 1.165) is 23.1 Å². The summed E-state index contributed by atoms with van der Waals surface area (Å²) < 4.78 is 0. The van der Waals surface area contributed by atoms with Gasteiger partial charge in [0.1, 0.15) is 11.5 Å². The van der Waals surface area contributed by atoms with Crippen molar-refractivity contribution in [2.75, 3.05) is 0 Å². The van der Waals surface area contributed by atoms with E-state index in [9.17, 15) is 10.2 Å². The van der Waals surface area contributed by atoms with Gasteiger partial charge in [0, 0.05) is 5.41 Å². The SMILES string of the molecule is CCc1ccc(C(C)(C)c2ccc(O)cc2)cc1-c1ccc(O)c(C)c1. The standard InChI is InChI=1S/C24H26O2/c1-5-17-6-8-20(24(3,4)19-9-11-21(25)12-10-19)15-22(17)18-7-13-23(26)16(2)14-18/h6-15,25-26H,5H2,1-4H3. The summed E-state index contributed by atoms with van der Waals surface area (Å²) in [4.78, 5) is 0. The molecule has 0 aliphatic rings. The van der Waals surface area contributed by atoms with Gasteiger partial charge in [-0.25, -0.2) is 0 Å². The number of benzene rings is 3. The van der Waals surface area contributed by atoms with E-state index in [1.807, 2.05) is 31.2 Å². The number of hydrogen-bond acceptors (Lipinski definition) is 2. The van der Waals surface area contributed by atoms with Gasteiger partial charge in [0.25, 0.3) is 0 Å². The zero-order chi connectivity index (χ0) is 18.9. The van der Waals surface area contributed by atoms with Gasteiger partial charge in [-0.05, 0) is 77.1 Å². The summed E-state index contributed by atoms with van der Waals surface area (Å²) in [5, 5.41) is 19.4. The third-order valence-corrected chi connectivity index (χ3v) is 5.31. The minimum Gasteiger partial charge on any atom is -0.508 e. The van der Waals surface area contributed by atoms with Crippen molar-refractivity contribution in [3.05, 3.63) is 82.9 Å². The first-order chi connectivity index (χ1) is 12.3. The van der Waals surface area contributed by atoms with Crippen molar-refractivity contribution >= 4 is 0 Å². The van der Waals surface area contributed by atoms with Crippen LogP contribution in [0.4, 0.5) is 0 Å². The van der Waals surface area contributed by atoms with Crippen LogP contribution in [0.1, 0.15) is 43.0 Å². The van der Waals surface area contributed by atoms with E-state index in [0.29, 0.717) is 5.75 Å². The Labute approximate surface area is 155 Å². The van der Waals surface area contributed by atoms with E-state index < -0.39 is 0 Å². The van der Waals surface area contributed by atoms with Gasteiger partial charge in [0.15, 0.2) is 0 Å². The lowest BCUT2D eigenvalue weighted by Crippen LogP contribution is -2.19. The molecular formula is C24H26O2. The van der Waals surface area contributed by atoms with Gasteiger partial charge in [-0.2, -0.15) is 0 Å². The second-order valence-electron chi connectivity index (χ2n) is 7.40. The Bertz CT molecular complexity index is 921. The summed E-state index contributed by atoms with van der Waals surface area (Å²) in [7, 11) is 0. The Morgan fingerprint density at radius 3 is 2.08 bits per heavy atom. The zero-order valence-corrected chi connectivity index (χ0v) is 15.9. The van der Waals surface area contributed by atoms with E-state index in [4.69, 9.17) is 0 Å². The van der Waals surface area contributed by atoms with Gasteiger partial charge in [-0.1, -0.05) is 51.1 Å². The van der Waals surface area contributed by atoms with E-state index in [1.165, 1.54) is 16.7 Å². The molecule has 0 heterocycles. The molecule has 134 valence electrons. The predicted octanol–water partition coefficient (Wildman–Crippen LogP) is 5.96. The first kappa shape index (κ1) is 18.1. The average molecular weight is 346 g/mol. The first-order valence-corrected chi connectivity index (χ1v) is 9.06. The minimum atomic E-state index is -0.180. The smallest absolute Gasteiger partial charge is 0.118 e. The number of rotatable bonds is 4. The van der Waals surface area contributed by atoms with Crippen LogP contribution in [0.25, 0.3) is 11.1 Å². The molecule has 2 heteroatoms. The largest absolute Gasteiger partial charge is 0.508 e. The van der Waals surface area contributed by atoms with Crippen molar-refractivity contribution in [3.63, 3.8) is 0 Å². The average Bonchev–Trinajstić information content (AvgIpc) is 2.64. The van der Waals surface area contributed by atoms with E-state index >= 15 is 0 Å². The molecule has 2 nitrogen and oxygen atoms in total. The fraction of sp³-hybridized carbons (Fsp3) is 0.250. The van der Waals surface area contributed by atoms with Crippen molar-refractivity contribution in [1.82, 2.24) is 0 Å². The summed E-state index contributed by atoms with van der Waals surface area (Å²) in [5.41, 5.74) is 6.71. The van der Waals surface area contributed by atoms with Crippen molar-refractivity contribution < 1.29 is 10.2 Å². The quantitative estimate of drug-likeness (QED) is 0.612. The van der Waals surface area contributed by atoms with Crippen LogP contribution in [-0.2, 0) is 11.8 Å². The summed E-state index contributed by atoms with van der Waals surface area (Å²) in [6.07, 6.45) is 0.954. The van der Waals surface area contributed by atoms with Crippen molar-refractivity contribution in [3.8, 4) is 22.6 Å². The molecule has 26 heavy (non-hydrogen) atoms. The molecule has 0 aromatic heterocycles. The number of hydrogen-bond donors (Lipinski definition) is 2. The molecule has 3 aromatic carbocycles. The lowest BCUT2D eigenvalue weighted by molar-refractivity contribution is 0.471. The Morgan fingerprint density at radius 1 is 0.808 bits per heavy atom. The maximum Gasteiger partial charge on any atom is 0.118 e. The molecule has 0 amide bonds. The zero-order valence-electron chi connectivity index (χ0n) is 15.9. The van der Waals surface area contributed by atoms with Crippen LogP contribution < -0.4 is 0 Å². The molecule has 0 radical (unpaired) electrons. The molecule has 0 aliphatic carbocycles. The van der Waals surface area contributed by atoms with Crippen molar-refractivity contribution in [2.24, 2.45) is 0 Å². The van der Waals surface area contributed by atoms with E-state index in [2.05, 4.69) is 39.0 Å². The molecule has 3 rings (SSSR count). The summed E-state index contributed by atoms with van der Waals surface area (Å²) in [5.74, 6) is 0.610. The highest BCUT2D eigenvalue weighted by Gasteiger charge is 2.24. The first-order valence-electron chi connectivity index (χ1n) is 9.06. The third kappa shape index (κ3) is 3.32. The number of aromatic hydroxyl groups is 2. The molecule has 0 aliphatic heterocycles. The van der Waals surface area contributed by atoms with Gasteiger partial charge < -0.3 is 10.2 Å². The van der Waals surface area contributed by atoms with Gasteiger partial charge in [0.05, 0.1) is 0 Å². The lowest BCUT2D eigenvalue weighted by Gasteiger charge is -2.27. The maximum absolute atomic E-state index is 9.85. The third-order valence-electron chi connectivity index (χ3n) is 5.31. The Balaban J connectivity index is 2.12. The van der Waals surface area contributed by atoms with Gasteiger partial charge in [0.2, 0.25) is 0 Å². The van der Waals surface area contributed by atoms with Gasteiger partial charge >= 0.3 is 0 Å². The molecule has 0 unspecified atom stereocenters. The monoisotopic (exact) mass is 346 g/mol. The van der Waals surface area contributed by atoms with E-state index in [1.54, 1.807) is 18.2 Å². The number of phenolic OH excluding ortho intramolecular Hbond substituents is 2. The fourth-order valence-corrected chi connectivity index (χ4v) is 3.41.